The largest absolute Gasteiger partial charge is 0.310 e. The van der Waals surface area contributed by atoms with Crippen molar-refractivity contribution in [3.8, 4) is 0 Å². The minimum absolute atomic E-state index is 0.0246. The molecule has 0 N–H and O–H groups in total. The molecule has 3 unspecified atom stereocenters. The zero-order valence-corrected chi connectivity index (χ0v) is 29.8. The van der Waals surface area contributed by atoms with Gasteiger partial charge in [-0.2, -0.15) is 4.67 Å². The van der Waals surface area contributed by atoms with Crippen LogP contribution in [0.5, 0.6) is 0 Å². The van der Waals surface area contributed by atoms with E-state index in [9.17, 15) is 0 Å². The average Bonchev–Trinajstić information content (AvgIpc) is 3.54. The summed E-state index contributed by atoms with van der Waals surface area (Å²) in [5, 5.41) is 0. The molecule has 0 spiro atoms. The lowest BCUT2D eigenvalue weighted by atomic mass is 9.76. The Bertz CT molecular complexity index is 1550. The zero-order valence-electron chi connectivity index (χ0n) is 28.8. The van der Waals surface area contributed by atoms with Crippen LogP contribution in [0, 0.1) is 11.8 Å². The van der Waals surface area contributed by atoms with Gasteiger partial charge in [0, 0.05) is 28.5 Å². The summed E-state index contributed by atoms with van der Waals surface area (Å²) in [6, 6.07) is 29.6. The van der Waals surface area contributed by atoms with Gasteiger partial charge in [0.25, 0.3) is 0 Å². The van der Waals surface area contributed by atoms with E-state index in [1.807, 2.05) is 0 Å². The fourth-order valence-electron chi connectivity index (χ4n) is 10.1. The van der Waals surface area contributed by atoms with E-state index < -0.39 is 8.24 Å². The topological polar surface area (TPSA) is 6.48 Å². The molecular formula is C41H54N3Si+. The van der Waals surface area contributed by atoms with Gasteiger partial charge < -0.3 is 4.90 Å². The quantitative estimate of drug-likeness (QED) is 0.148. The highest BCUT2D eigenvalue weighted by atomic mass is 28.3. The van der Waals surface area contributed by atoms with Crippen molar-refractivity contribution < 1.29 is 4.59 Å². The normalized spacial score (nSPS) is 24.5. The van der Waals surface area contributed by atoms with E-state index in [1.54, 1.807) is 5.57 Å². The molecule has 0 heterocycles. The molecule has 3 atom stereocenters. The van der Waals surface area contributed by atoms with Crippen LogP contribution in [-0.2, 0) is 5.41 Å². The van der Waals surface area contributed by atoms with Crippen LogP contribution < -0.4 is 4.90 Å². The van der Waals surface area contributed by atoms with Gasteiger partial charge in [-0.3, -0.25) is 4.59 Å². The maximum absolute atomic E-state index is 3.06. The Morgan fingerprint density at radius 1 is 0.711 bits per heavy atom. The Hall–Kier alpha value is -2.92. The molecule has 4 aliphatic carbocycles. The maximum atomic E-state index is 3.06. The third-order valence-corrected chi connectivity index (χ3v) is 16.4. The second kappa shape index (κ2) is 11.4. The summed E-state index contributed by atoms with van der Waals surface area (Å²) in [5.41, 5.74) is 10.4. The van der Waals surface area contributed by atoms with E-state index in [2.05, 4.69) is 149 Å². The third kappa shape index (κ3) is 5.27. The minimum Gasteiger partial charge on any atom is -0.310 e. The molecule has 3 aromatic rings. The first-order chi connectivity index (χ1) is 21.5. The van der Waals surface area contributed by atoms with Crippen LogP contribution in [-0.4, -0.2) is 44.7 Å². The van der Waals surface area contributed by atoms with Crippen LogP contribution in [0.2, 0.25) is 18.6 Å². The monoisotopic (exact) mass is 616 g/mol. The van der Waals surface area contributed by atoms with E-state index in [1.165, 1.54) is 78.7 Å². The van der Waals surface area contributed by atoms with Gasteiger partial charge >= 0.3 is 0 Å². The van der Waals surface area contributed by atoms with E-state index in [0.717, 1.165) is 16.2 Å². The number of para-hydroxylation sites is 2. The predicted molar refractivity (Wildman–Crippen MR) is 194 cm³/mol. The standard InChI is InChI=1S/C41H54N3Si/c1-41(2)38-28-34(42(31-17-11-8-12-18-31)32-19-13-9-14-20-32)24-25-35(38)37-27-30-23-26-40(36(30)29-39(37)41)45(6,7)43(44(3,4)5)33-21-15-10-16-22-33/h8-9,11-14,17-20,24-25,27-30,33,36,40H,10,15-16,21-23,26H2,1-7H3/q+1. The number of nitrogens with zero attached hydrogens (tertiary/aromatic N) is 3. The summed E-state index contributed by atoms with van der Waals surface area (Å²) < 4.78 is 4.04. The van der Waals surface area contributed by atoms with E-state index in [0.29, 0.717) is 11.8 Å². The van der Waals surface area contributed by atoms with E-state index in [-0.39, 0.29) is 5.41 Å². The number of benzene rings is 3. The fourth-order valence-corrected chi connectivity index (χ4v) is 15.3. The number of rotatable bonds is 7. The summed E-state index contributed by atoms with van der Waals surface area (Å²) in [7, 11) is 5.55. The van der Waals surface area contributed by atoms with Crippen LogP contribution in [0.1, 0.15) is 69.9 Å². The molecule has 4 aliphatic rings. The van der Waals surface area contributed by atoms with Crippen LogP contribution in [0.25, 0.3) is 5.57 Å². The molecule has 7 rings (SSSR count). The molecule has 0 aromatic heterocycles. The van der Waals surface area contributed by atoms with Crippen molar-refractivity contribution >= 4 is 30.9 Å². The molecule has 0 bridgehead atoms. The maximum Gasteiger partial charge on any atom is 0.190 e. The molecule has 2 fully saturated rings. The number of allylic oxidation sites excluding steroid dienone is 4. The van der Waals surface area contributed by atoms with E-state index >= 15 is 0 Å². The lowest BCUT2D eigenvalue weighted by molar-refractivity contribution is -0.975. The second-order valence-electron chi connectivity index (χ2n) is 16.2. The van der Waals surface area contributed by atoms with Gasteiger partial charge in [-0.25, -0.2) is 0 Å². The Morgan fingerprint density at radius 2 is 1.33 bits per heavy atom. The van der Waals surface area contributed by atoms with E-state index in [4.69, 9.17) is 0 Å². The molecule has 0 saturated heterocycles. The minimum atomic E-state index is -1.77. The second-order valence-corrected chi connectivity index (χ2v) is 20.7. The van der Waals surface area contributed by atoms with Gasteiger partial charge in [0.15, 0.2) is 8.24 Å². The van der Waals surface area contributed by atoms with Crippen molar-refractivity contribution in [2.75, 3.05) is 26.0 Å². The molecule has 0 aliphatic heterocycles. The summed E-state index contributed by atoms with van der Waals surface area (Å²) >= 11 is 0. The molecular weight excluding hydrogens is 563 g/mol. The fraction of sp³-hybridized carbons (Fsp3) is 0.463. The van der Waals surface area contributed by atoms with Gasteiger partial charge in [-0.15, -0.1) is 0 Å². The summed E-state index contributed by atoms with van der Waals surface area (Å²) in [5.74, 6) is 1.31. The third-order valence-electron chi connectivity index (χ3n) is 11.8. The lowest BCUT2D eigenvalue weighted by Crippen LogP contribution is -2.69. The SMILES string of the molecule is CC1(C)C2=CC3C(C=C2c2ccc(N(c4ccccc4)c4ccccc4)cc21)CCC3[Si](C)(C)N(C1CCCCC1)[N+](C)(C)C. The molecule has 2 saturated carbocycles. The molecule has 4 heteroatoms. The van der Waals surface area contributed by atoms with Gasteiger partial charge in [-0.1, -0.05) is 107 Å². The molecule has 3 nitrogen and oxygen atoms in total. The molecule has 45 heavy (non-hydrogen) atoms. The van der Waals surface area contributed by atoms with Gasteiger partial charge in [-0.05, 0) is 95.3 Å². The Morgan fingerprint density at radius 3 is 1.93 bits per heavy atom. The molecule has 0 amide bonds. The van der Waals surface area contributed by atoms with Crippen molar-refractivity contribution in [2.24, 2.45) is 11.8 Å². The number of fused-ring (bicyclic) bond motifs is 4. The lowest BCUT2D eigenvalue weighted by Gasteiger charge is -2.53. The zero-order chi connectivity index (χ0) is 31.6. The molecule has 0 radical (unpaired) electrons. The molecule has 3 aromatic carbocycles. The summed E-state index contributed by atoms with van der Waals surface area (Å²) in [6.07, 6.45) is 15.2. The van der Waals surface area contributed by atoms with Crippen molar-refractivity contribution in [2.45, 2.75) is 88.9 Å². The predicted octanol–water partition coefficient (Wildman–Crippen LogP) is 10.6. The highest BCUT2D eigenvalue weighted by Gasteiger charge is 2.55. The van der Waals surface area contributed by atoms with Crippen molar-refractivity contribution in [3.05, 3.63) is 108 Å². The summed E-state index contributed by atoms with van der Waals surface area (Å²) in [6.45, 7) is 10.4. The Labute approximate surface area is 273 Å². The van der Waals surface area contributed by atoms with Crippen molar-refractivity contribution in [1.82, 2.24) is 4.67 Å². The number of hydrogen-bond donors (Lipinski definition) is 0. The first-order valence-corrected chi connectivity index (χ1v) is 20.6. The highest BCUT2D eigenvalue weighted by Crippen LogP contribution is 2.59. The molecule has 236 valence electrons. The van der Waals surface area contributed by atoms with Crippen LogP contribution in [0.15, 0.2) is 96.6 Å². The Kier molecular flexibility index (Phi) is 7.78. The van der Waals surface area contributed by atoms with Gasteiger partial charge in [0.05, 0.1) is 21.1 Å². The number of hydrogen-bond acceptors (Lipinski definition) is 2. The Balaban J connectivity index is 1.25. The van der Waals surface area contributed by atoms with Gasteiger partial charge in [0.2, 0.25) is 0 Å². The smallest absolute Gasteiger partial charge is 0.190 e. The van der Waals surface area contributed by atoms with Crippen LogP contribution >= 0.6 is 0 Å². The number of anilines is 3. The van der Waals surface area contributed by atoms with Gasteiger partial charge in [0.1, 0.15) is 0 Å². The average molecular weight is 617 g/mol. The first-order valence-electron chi connectivity index (χ1n) is 17.6. The first kappa shape index (κ1) is 30.7. The van der Waals surface area contributed by atoms with Crippen molar-refractivity contribution in [3.63, 3.8) is 0 Å². The van der Waals surface area contributed by atoms with Crippen LogP contribution in [0.3, 0.4) is 0 Å². The number of quaternary nitrogens is 1. The summed E-state index contributed by atoms with van der Waals surface area (Å²) in [4.78, 5) is 2.41. The van der Waals surface area contributed by atoms with Crippen LogP contribution in [0.4, 0.5) is 17.1 Å². The van der Waals surface area contributed by atoms with Crippen molar-refractivity contribution in [1.29, 1.82) is 0 Å². The highest BCUT2D eigenvalue weighted by molar-refractivity contribution is 6.76.